The molecule has 0 spiro atoms. The summed E-state index contributed by atoms with van der Waals surface area (Å²) in [6.45, 7) is 3.43. The quantitative estimate of drug-likeness (QED) is 0.807. The molecule has 25 heavy (non-hydrogen) atoms. The lowest BCUT2D eigenvalue weighted by molar-refractivity contribution is -0.145. The van der Waals surface area contributed by atoms with E-state index in [2.05, 4.69) is 4.98 Å². The van der Waals surface area contributed by atoms with E-state index >= 15 is 0 Å². The van der Waals surface area contributed by atoms with E-state index in [0.29, 0.717) is 28.3 Å². The first-order chi connectivity index (χ1) is 12.0. The van der Waals surface area contributed by atoms with E-state index in [1.165, 1.54) is 7.11 Å². The molecule has 0 amide bonds. The fourth-order valence-electron chi connectivity index (χ4n) is 2.32. The largest absolute Gasteiger partial charge is 0.493 e. The summed E-state index contributed by atoms with van der Waals surface area (Å²) in [6, 6.07) is 8.60. The second-order valence-corrected chi connectivity index (χ2v) is 5.14. The van der Waals surface area contributed by atoms with Crippen LogP contribution in [0.1, 0.15) is 18.2 Å². The average molecular weight is 342 g/mol. The van der Waals surface area contributed by atoms with Gasteiger partial charge < -0.3 is 19.2 Å². The third-order valence-electron chi connectivity index (χ3n) is 3.41. The maximum atomic E-state index is 12.0. The predicted molar refractivity (Wildman–Crippen MR) is 90.6 cm³/mol. The summed E-state index contributed by atoms with van der Waals surface area (Å²) < 4.78 is 15.5. The van der Waals surface area contributed by atoms with Crippen molar-refractivity contribution in [1.29, 1.82) is 5.26 Å². The number of benzene rings is 1. The maximum Gasteiger partial charge on any atom is 0.344 e. The SMILES string of the molecule is CCOC(=O)COc1cc(-c2cc(C)[nH]c(=O)c2C#N)ccc1OC. The Morgan fingerprint density at radius 1 is 1.28 bits per heavy atom. The zero-order valence-corrected chi connectivity index (χ0v) is 14.2. The molecule has 0 aliphatic heterocycles. The highest BCUT2D eigenvalue weighted by Gasteiger charge is 2.14. The highest BCUT2D eigenvalue weighted by molar-refractivity contribution is 5.74. The van der Waals surface area contributed by atoms with Crippen molar-refractivity contribution in [2.75, 3.05) is 20.3 Å². The zero-order chi connectivity index (χ0) is 18.4. The first-order valence-corrected chi connectivity index (χ1v) is 7.61. The van der Waals surface area contributed by atoms with Crippen molar-refractivity contribution in [3.05, 3.63) is 45.9 Å². The third kappa shape index (κ3) is 4.18. The Hall–Kier alpha value is -3.27. The van der Waals surface area contributed by atoms with E-state index in [-0.39, 0.29) is 18.8 Å². The number of pyridine rings is 1. The zero-order valence-electron chi connectivity index (χ0n) is 14.2. The number of carbonyl (C=O) groups excluding carboxylic acids is 1. The number of nitrogens with zero attached hydrogens (tertiary/aromatic N) is 1. The third-order valence-corrected chi connectivity index (χ3v) is 3.41. The van der Waals surface area contributed by atoms with Crippen LogP contribution in [0.15, 0.2) is 29.1 Å². The molecule has 130 valence electrons. The molecular weight excluding hydrogens is 324 g/mol. The van der Waals surface area contributed by atoms with Crippen LogP contribution in [0, 0.1) is 18.3 Å². The molecule has 0 fully saturated rings. The summed E-state index contributed by atoms with van der Waals surface area (Å²) in [5.74, 6) is 0.239. The number of nitrogens with one attached hydrogen (secondary N) is 1. The van der Waals surface area contributed by atoms with Gasteiger partial charge in [-0.05, 0) is 37.6 Å². The molecule has 0 saturated carbocycles. The minimum absolute atomic E-state index is 0.00658. The molecule has 7 nitrogen and oxygen atoms in total. The van der Waals surface area contributed by atoms with Crippen LogP contribution in [0.3, 0.4) is 0 Å². The molecule has 1 N–H and O–H groups in total. The van der Waals surface area contributed by atoms with Crippen LogP contribution in [0.4, 0.5) is 0 Å². The average Bonchev–Trinajstić information content (AvgIpc) is 2.59. The number of aryl methyl sites for hydroxylation is 1. The maximum absolute atomic E-state index is 12.0. The van der Waals surface area contributed by atoms with Gasteiger partial charge in [-0.25, -0.2) is 4.79 Å². The van der Waals surface area contributed by atoms with E-state index in [1.54, 1.807) is 38.1 Å². The molecule has 0 unspecified atom stereocenters. The minimum atomic E-state index is -0.500. The van der Waals surface area contributed by atoms with Crippen molar-refractivity contribution >= 4 is 5.97 Å². The number of rotatable bonds is 6. The molecule has 1 heterocycles. The van der Waals surface area contributed by atoms with Crippen molar-refractivity contribution in [3.63, 3.8) is 0 Å². The summed E-state index contributed by atoms with van der Waals surface area (Å²) in [5.41, 5.74) is 1.26. The summed E-state index contributed by atoms with van der Waals surface area (Å²) >= 11 is 0. The smallest absolute Gasteiger partial charge is 0.344 e. The molecule has 1 aromatic carbocycles. The molecule has 0 radical (unpaired) electrons. The molecule has 2 rings (SSSR count). The standard InChI is InChI=1S/C18H18N2O5/c1-4-24-17(21)10-25-16-8-12(5-6-15(16)23-3)13-7-11(2)20-18(22)14(13)9-19/h5-8H,4,10H2,1-3H3,(H,20,22). The van der Waals surface area contributed by atoms with Gasteiger partial charge in [-0.1, -0.05) is 6.07 Å². The molecular formula is C18H18N2O5. The van der Waals surface area contributed by atoms with Gasteiger partial charge in [0, 0.05) is 11.3 Å². The van der Waals surface area contributed by atoms with Gasteiger partial charge >= 0.3 is 5.97 Å². The van der Waals surface area contributed by atoms with E-state index in [4.69, 9.17) is 14.2 Å². The van der Waals surface area contributed by atoms with Gasteiger partial charge in [-0.15, -0.1) is 0 Å². The van der Waals surface area contributed by atoms with Gasteiger partial charge in [-0.3, -0.25) is 4.79 Å². The first kappa shape index (κ1) is 18.1. The van der Waals surface area contributed by atoms with Crippen LogP contribution in [0.5, 0.6) is 11.5 Å². The predicted octanol–water partition coefficient (Wildman–Crippen LogP) is 2.17. The van der Waals surface area contributed by atoms with Gasteiger partial charge in [0.05, 0.1) is 13.7 Å². The van der Waals surface area contributed by atoms with E-state index in [1.807, 2.05) is 6.07 Å². The monoisotopic (exact) mass is 342 g/mol. The van der Waals surface area contributed by atoms with Crippen molar-refractivity contribution in [1.82, 2.24) is 4.98 Å². The molecule has 0 atom stereocenters. The molecule has 0 saturated heterocycles. The molecule has 2 aromatic rings. The highest BCUT2D eigenvalue weighted by atomic mass is 16.6. The minimum Gasteiger partial charge on any atom is -0.493 e. The molecule has 0 aliphatic carbocycles. The fourth-order valence-corrected chi connectivity index (χ4v) is 2.32. The Morgan fingerprint density at radius 2 is 2.04 bits per heavy atom. The van der Waals surface area contributed by atoms with Crippen LogP contribution >= 0.6 is 0 Å². The van der Waals surface area contributed by atoms with E-state index < -0.39 is 11.5 Å². The lowest BCUT2D eigenvalue weighted by Gasteiger charge is -2.13. The fraction of sp³-hybridized carbons (Fsp3) is 0.278. The number of ether oxygens (including phenoxy) is 3. The number of aromatic amines is 1. The topological polar surface area (TPSA) is 101 Å². The van der Waals surface area contributed by atoms with Gasteiger partial charge in [0.1, 0.15) is 11.6 Å². The van der Waals surface area contributed by atoms with Crippen LogP contribution in [0.25, 0.3) is 11.1 Å². The van der Waals surface area contributed by atoms with Crippen LogP contribution < -0.4 is 15.0 Å². The summed E-state index contributed by atoms with van der Waals surface area (Å²) in [6.07, 6.45) is 0. The van der Waals surface area contributed by atoms with Gasteiger partial charge in [0.15, 0.2) is 18.1 Å². The first-order valence-electron chi connectivity index (χ1n) is 7.61. The number of H-pyrrole nitrogens is 1. The van der Waals surface area contributed by atoms with Gasteiger partial charge in [0.2, 0.25) is 0 Å². The molecule has 0 aliphatic rings. The number of esters is 1. The number of aromatic nitrogens is 1. The molecule has 0 bridgehead atoms. The molecule has 1 aromatic heterocycles. The Kier molecular flexibility index (Phi) is 5.79. The van der Waals surface area contributed by atoms with Crippen LogP contribution in [-0.4, -0.2) is 31.3 Å². The number of hydrogen-bond acceptors (Lipinski definition) is 6. The van der Waals surface area contributed by atoms with Crippen molar-refractivity contribution in [2.45, 2.75) is 13.8 Å². The second-order valence-electron chi connectivity index (χ2n) is 5.14. The second kappa shape index (κ2) is 8.02. The van der Waals surface area contributed by atoms with Gasteiger partial charge in [-0.2, -0.15) is 5.26 Å². The Labute approximate surface area is 144 Å². The summed E-state index contributed by atoms with van der Waals surface area (Å²) in [5, 5.41) is 9.27. The van der Waals surface area contributed by atoms with E-state index in [0.717, 1.165) is 0 Å². The normalized spacial score (nSPS) is 10.0. The number of methoxy groups -OCH3 is 1. The summed E-state index contributed by atoms with van der Waals surface area (Å²) in [7, 11) is 1.48. The lowest BCUT2D eigenvalue weighted by atomic mass is 10.0. The highest BCUT2D eigenvalue weighted by Crippen LogP contribution is 2.33. The number of hydrogen-bond donors (Lipinski definition) is 1. The lowest BCUT2D eigenvalue weighted by Crippen LogP contribution is -2.15. The van der Waals surface area contributed by atoms with Crippen LogP contribution in [0.2, 0.25) is 0 Å². The van der Waals surface area contributed by atoms with E-state index in [9.17, 15) is 14.9 Å². The van der Waals surface area contributed by atoms with Crippen molar-refractivity contribution in [2.24, 2.45) is 0 Å². The van der Waals surface area contributed by atoms with Crippen LogP contribution in [-0.2, 0) is 9.53 Å². The summed E-state index contributed by atoms with van der Waals surface area (Å²) in [4.78, 5) is 26.0. The Balaban J connectivity index is 2.45. The Bertz CT molecular complexity index is 880. The molecule has 7 heteroatoms. The van der Waals surface area contributed by atoms with Gasteiger partial charge in [0.25, 0.3) is 5.56 Å². The Morgan fingerprint density at radius 3 is 2.68 bits per heavy atom. The van der Waals surface area contributed by atoms with Crippen molar-refractivity contribution < 1.29 is 19.0 Å². The van der Waals surface area contributed by atoms with Crippen molar-refractivity contribution in [3.8, 4) is 28.7 Å². The number of carbonyl (C=O) groups is 1. The number of nitriles is 1.